The van der Waals surface area contributed by atoms with E-state index in [1.54, 1.807) is 0 Å². The van der Waals surface area contributed by atoms with Gasteiger partial charge in [0, 0.05) is 16.1 Å². The maximum Gasteiger partial charge on any atom is 0.125 e. The molecule has 0 aliphatic rings. The normalized spacial score (nSPS) is 14.7. The summed E-state index contributed by atoms with van der Waals surface area (Å²) < 4.78 is 6.85. The standard InChI is InChI=1S/C12H18BrNO/c1-4-8(2)15-12-7-10(13)5-6-11(12)9(3)14/h5-9H,4,14H2,1-3H3/t8?,9-/m0/s1. The molecular weight excluding hydrogens is 254 g/mol. The first kappa shape index (κ1) is 12.5. The molecule has 2 nitrogen and oxygen atoms in total. The minimum absolute atomic E-state index is 0.00263. The van der Waals surface area contributed by atoms with Gasteiger partial charge in [-0.05, 0) is 32.4 Å². The third-order valence-corrected chi connectivity index (χ3v) is 2.86. The van der Waals surface area contributed by atoms with Crippen molar-refractivity contribution in [2.24, 2.45) is 5.73 Å². The van der Waals surface area contributed by atoms with Gasteiger partial charge in [0.15, 0.2) is 0 Å². The summed E-state index contributed by atoms with van der Waals surface area (Å²) in [7, 11) is 0. The summed E-state index contributed by atoms with van der Waals surface area (Å²) in [6.45, 7) is 6.13. The molecule has 0 saturated heterocycles. The van der Waals surface area contributed by atoms with Gasteiger partial charge in [-0.25, -0.2) is 0 Å². The maximum atomic E-state index is 5.89. The maximum absolute atomic E-state index is 5.89. The van der Waals surface area contributed by atoms with E-state index in [4.69, 9.17) is 10.5 Å². The topological polar surface area (TPSA) is 35.2 Å². The van der Waals surface area contributed by atoms with E-state index in [1.807, 2.05) is 25.1 Å². The highest BCUT2D eigenvalue weighted by molar-refractivity contribution is 9.10. The van der Waals surface area contributed by atoms with Crippen molar-refractivity contribution in [3.8, 4) is 5.75 Å². The lowest BCUT2D eigenvalue weighted by atomic mass is 10.1. The molecule has 0 heterocycles. The highest BCUT2D eigenvalue weighted by Crippen LogP contribution is 2.28. The van der Waals surface area contributed by atoms with Gasteiger partial charge in [0.2, 0.25) is 0 Å². The fourth-order valence-electron chi connectivity index (χ4n) is 1.29. The number of hydrogen-bond donors (Lipinski definition) is 1. The minimum atomic E-state index is -0.00263. The first-order chi connectivity index (χ1) is 7.04. The van der Waals surface area contributed by atoms with Crippen molar-refractivity contribution in [2.45, 2.75) is 39.3 Å². The molecule has 0 spiro atoms. The van der Waals surface area contributed by atoms with Crippen molar-refractivity contribution in [3.05, 3.63) is 28.2 Å². The molecule has 0 aromatic heterocycles. The first-order valence-corrected chi connectivity index (χ1v) is 6.05. The molecule has 0 aliphatic heterocycles. The molecule has 1 unspecified atom stereocenters. The molecule has 3 heteroatoms. The van der Waals surface area contributed by atoms with Crippen molar-refractivity contribution in [1.82, 2.24) is 0 Å². The Bertz CT molecular complexity index is 325. The van der Waals surface area contributed by atoms with Gasteiger partial charge in [0.25, 0.3) is 0 Å². The third-order valence-electron chi connectivity index (χ3n) is 2.37. The van der Waals surface area contributed by atoms with Crippen LogP contribution in [0.15, 0.2) is 22.7 Å². The zero-order valence-electron chi connectivity index (χ0n) is 9.46. The van der Waals surface area contributed by atoms with Crippen LogP contribution in [0.1, 0.15) is 38.8 Å². The lowest BCUT2D eigenvalue weighted by molar-refractivity contribution is 0.214. The molecule has 0 saturated carbocycles. The monoisotopic (exact) mass is 271 g/mol. The van der Waals surface area contributed by atoms with Crippen LogP contribution in [0.25, 0.3) is 0 Å². The Hall–Kier alpha value is -0.540. The number of ether oxygens (including phenoxy) is 1. The molecule has 15 heavy (non-hydrogen) atoms. The number of rotatable bonds is 4. The van der Waals surface area contributed by atoms with Crippen LogP contribution in [-0.2, 0) is 0 Å². The van der Waals surface area contributed by atoms with E-state index in [0.29, 0.717) is 0 Å². The molecule has 0 fully saturated rings. The summed E-state index contributed by atoms with van der Waals surface area (Å²) >= 11 is 3.44. The number of benzene rings is 1. The van der Waals surface area contributed by atoms with E-state index in [2.05, 4.69) is 29.8 Å². The molecule has 1 rings (SSSR count). The van der Waals surface area contributed by atoms with E-state index >= 15 is 0 Å². The molecule has 0 amide bonds. The Morgan fingerprint density at radius 1 is 1.40 bits per heavy atom. The van der Waals surface area contributed by atoms with Gasteiger partial charge in [0.05, 0.1) is 6.10 Å². The third kappa shape index (κ3) is 3.50. The van der Waals surface area contributed by atoms with Crippen molar-refractivity contribution in [2.75, 3.05) is 0 Å². The lowest BCUT2D eigenvalue weighted by Crippen LogP contribution is -2.14. The Morgan fingerprint density at radius 3 is 2.60 bits per heavy atom. The largest absolute Gasteiger partial charge is 0.490 e. The first-order valence-electron chi connectivity index (χ1n) is 5.26. The molecule has 0 radical (unpaired) electrons. The average Bonchev–Trinajstić information content (AvgIpc) is 2.17. The van der Waals surface area contributed by atoms with Crippen molar-refractivity contribution >= 4 is 15.9 Å². The Morgan fingerprint density at radius 2 is 2.07 bits per heavy atom. The van der Waals surface area contributed by atoms with Crippen LogP contribution in [0.2, 0.25) is 0 Å². The Balaban J connectivity index is 2.96. The van der Waals surface area contributed by atoms with E-state index in [-0.39, 0.29) is 12.1 Å². The molecule has 2 atom stereocenters. The summed E-state index contributed by atoms with van der Waals surface area (Å²) in [6.07, 6.45) is 1.21. The zero-order valence-corrected chi connectivity index (χ0v) is 11.0. The van der Waals surface area contributed by atoms with E-state index < -0.39 is 0 Å². The van der Waals surface area contributed by atoms with Crippen molar-refractivity contribution in [1.29, 1.82) is 0 Å². The highest BCUT2D eigenvalue weighted by Gasteiger charge is 2.10. The number of nitrogens with two attached hydrogens (primary N) is 1. The van der Waals surface area contributed by atoms with Crippen LogP contribution in [0.5, 0.6) is 5.75 Å². The zero-order chi connectivity index (χ0) is 11.4. The predicted octanol–water partition coefficient (Wildman–Crippen LogP) is 3.65. The molecule has 0 aliphatic carbocycles. The Kier molecular flexibility index (Phi) is 4.61. The fraction of sp³-hybridized carbons (Fsp3) is 0.500. The van der Waals surface area contributed by atoms with Crippen LogP contribution >= 0.6 is 15.9 Å². The number of halogens is 1. The predicted molar refractivity (Wildman–Crippen MR) is 67.1 cm³/mol. The van der Waals surface area contributed by atoms with Crippen molar-refractivity contribution in [3.63, 3.8) is 0 Å². The van der Waals surface area contributed by atoms with E-state index in [9.17, 15) is 0 Å². The van der Waals surface area contributed by atoms with Crippen LogP contribution < -0.4 is 10.5 Å². The second kappa shape index (κ2) is 5.52. The van der Waals surface area contributed by atoms with Gasteiger partial charge in [-0.3, -0.25) is 0 Å². The molecule has 84 valence electrons. The summed E-state index contributed by atoms with van der Waals surface area (Å²) in [5.41, 5.74) is 6.94. The molecular formula is C12H18BrNO. The lowest BCUT2D eigenvalue weighted by Gasteiger charge is -2.18. The molecule has 1 aromatic rings. The second-order valence-electron chi connectivity index (χ2n) is 3.81. The number of hydrogen-bond acceptors (Lipinski definition) is 2. The van der Waals surface area contributed by atoms with Gasteiger partial charge in [-0.2, -0.15) is 0 Å². The average molecular weight is 272 g/mol. The Labute approximate surface area is 99.9 Å². The fourth-order valence-corrected chi connectivity index (χ4v) is 1.63. The van der Waals surface area contributed by atoms with Gasteiger partial charge in [-0.1, -0.05) is 28.9 Å². The smallest absolute Gasteiger partial charge is 0.125 e. The van der Waals surface area contributed by atoms with Gasteiger partial charge in [-0.15, -0.1) is 0 Å². The quantitative estimate of drug-likeness (QED) is 0.908. The second-order valence-corrected chi connectivity index (χ2v) is 4.72. The molecule has 2 N–H and O–H groups in total. The van der Waals surface area contributed by atoms with Crippen LogP contribution in [-0.4, -0.2) is 6.10 Å². The minimum Gasteiger partial charge on any atom is -0.490 e. The van der Waals surface area contributed by atoms with Crippen molar-refractivity contribution < 1.29 is 4.74 Å². The van der Waals surface area contributed by atoms with E-state index in [1.165, 1.54) is 0 Å². The SMILES string of the molecule is CCC(C)Oc1cc(Br)ccc1[C@H](C)N. The molecule has 1 aromatic carbocycles. The van der Waals surface area contributed by atoms with Gasteiger partial charge < -0.3 is 10.5 Å². The highest BCUT2D eigenvalue weighted by atomic mass is 79.9. The van der Waals surface area contributed by atoms with Crippen LogP contribution in [0.4, 0.5) is 0 Å². The van der Waals surface area contributed by atoms with Gasteiger partial charge in [0.1, 0.15) is 5.75 Å². The molecule has 0 bridgehead atoms. The summed E-state index contributed by atoms with van der Waals surface area (Å²) in [5, 5.41) is 0. The summed E-state index contributed by atoms with van der Waals surface area (Å²) in [4.78, 5) is 0. The van der Waals surface area contributed by atoms with Crippen LogP contribution in [0.3, 0.4) is 0 Å². The van der Waals surface area contributed by atoms with E-state index in [0.717, 1.165) is 22.2 Å². The van der Waals surface area contributed by atoms with Gasteiger partial charge >= 0.3 is 0 Å². The summed E-state index contributed by atoms with van der Waals surface area (Å²) in [5.74, 6) is 0.883. The summed E-state index contributed by atoms with van der Waals surface area (Å²) in [6, 6.07) is 5.97. The van der Waals surface area contributed by atoms with Crippen LogP contribution in [0, 0.1) is 0 Å².